The van der Waals surface area contributed by atoms with Crippen molar-refractivity contribution in [2.75, 3.05) is 23.3 Å². The van der Waals surface area contributed by atoms with E-state index in [9.17, 15) is 19.7 Å². The van der Waals surface area contributed by atoms with E-state index in [0.29, 0.717) is 12.1 Å². The van der Waals surface area contributed by atoms with E-state index in [-0.39, 0.29) is 15.8 Å². The lowest BCUT2D eigenvalue weighted by Gasteiger charge is -2.20. The molecule has 2 N–H and O–H groups in total. The molecule has 0 radical (unpaired) electrons. The molecule has 2 amide bonds. The lowest BCUT2D eigenvalue weighted by molar-refractivity contribution is -0.380. The minimum Gasteiger partial charge on any atom is -0.371 e. The fraction of sp³-hybridized carbons (Fsp3) is 0.429. The number of amides is 2. The van der Waals surface area contributed by atoms with Crippen LogP contribution < -0.4 is 15.5 Å². The summed E-state index contributed by atoms with van der Waals surface area (Å²) >= 11 is 0.798. The molecule has 0 bridgehead atoms. The molecule has 1 aromatic carbocycles. The lowest BCUT2D eigenvalue weighted by Crippen LogP contribution is -2.43. The topological polar surface area (TPSA) is 105 Å². The number of carbonyl (C=O) groups is 2. The normalized spacial score (nSPS) is 14.4. The van der Waals surface area contributed by atoms with Crippen LogP contribution in [0.15, 0.2) is 36.4 Å². The largest absolute Gasteiger partial charge is 0.371 e. The van der Waals surface area contributed by atoms with E-state index < -0.39 is 16.9 Å². The van der Waals surface area contributed by atoms with Gasteiger partial charge in [-0.2, -0.15) is 0 Å². The van der Waals surface area contributed by atoms with E-state index in [1.807, 2.05) is 31.2 Å². The molecule has 0 aliphatic carbocycles. The molecule has 2 aromatic rings. The van der Waals surface area contributed by atoms with Gasteiger partial charge in [0.1, 0.15) is 6.04 Å². The molecule has 3 rings (SSSR count). The molecule has 1 aliphatic heterocycles. The minimum absolute atomic E-state index is 0.103. The van der Waals surface area contributed by atoms with Crippen LogP contribution in [0.2, 0.25) is 0 Å². The molecule has 160 valence electrons. The summed E-state index contributed by atoms with van der Waals surface area (Å²) in [7, 11) is 0. The van der Waals surface area contributed by atoms with Crippen LogP contribution >= 0.6 is 11.3 Å². The molecule has 1 saturated heterocycles. The first-order chi connectivity index (χ1) is 14.5. The summed E-state index contributed by atoms with van der Waals surface area (Å²) in [6.07, 6.45) is 4.49. The molecule has 8 nitrogen and oxygen atoms in total. The van der Waals surface area contributed by atoms with Gasteiger partial charge >= 0.3 is 5.00 Å². The summed E-state index contributed by atoms with van der Waals surface area (Å²) in [6, 6.07) is 9.71. The Morgan fingerprint density at radius 2 is 2.00 bits per heavy atom. The van der Waals surface area contributed by atoms with Gasteiger partial charge in [-0.05, 0) is 43.5 Å². The Morgan fingerprint density at radius 3 is 2.67 bits per heavy atom. The van der Waals surface area contributed by atoms with Gasteiger partial charge in [-0.3, -0.25) is 19.7 Å². The van der Waals surface area contributed by atoms with Crippen molar-refractivity contribution in [3.63, 3.8) is 0 Å². The number of thiophene rings is 1. The fourth-order valence-electron chi connectivity index (χ4n) is 3.44. The monoisotopic (exact) mass is 430 g/mol. The van der Waals surface area contributed by atoms with Crippen molar-refractivity contribution in [3.05, 3.63) is 51.4 Å². The number of hydrogen-bond donors (Lipinski definition) is 2. The summed E-state index contributed by atoms with van der Waals surface area (Å²) < 4.78 is 0. The number of hydrogen-bond acceptors (Lipinski definition) is 6. The highest BCUT2D eigenvalue weighted by Crippen LogP contribution is 2.25. The predicted molar refractivity (Wildman–Crippen MR) is 118 cm³/mol. The number of anilines is 2. The highest BCUT2D eigenvalue weighted by molar-refractivity contribution is 7.17. The van der Waals surface area contributed by atoms with Gasteiger partial charge in [0.25, 0.3) is 5.91 Å². The Labute approximate surface area is 179 Å². The highest BCUT2D eigenvalue weighted by atomic mass is 32.1. The molecular formula is C21H26N4O4S. The molecular weight excluding hydrogens is 404 g/mol. The smallest absolute Gasteiger partial charge is 0.324 e. The number of carbonyl (C=O) groups excluding carboxylic acids is 2. The van der Waals surface area contributed by atoms with E-state index in [1.165, 1.54) is 25.0 Å². The van der Waals surface area contributed by atoms with Gasteiger partial charge in [-0.15, -0.1) is 0 Å². The second kappa shape index (κ2) is 10.2. The zero-order chi connectivity index (χ0) is 21.5. The van der Waals surface area contributed by atoms with Gasteiger partial charge < -0.3 is 15.5 Å². The van der Waals surface area contributed by atoms with Crippen LogP contribution in [-0.2, 0) is 4.79 Å². The Morgan fingerprint density at radius 1 is 1.23 bits per heavy atom. The van der Waals surface area contributed by atoms with Gasteiger partial charge in [0.15, 0.2) is 0 Å². The summed E-state index contributed by atoms with van der Waals surface area (Å²) in [6.45, 7) is 4.04. The van der Waals surface area contributed by atoms with Crippen LogP contribution in [0.3, 0.4) is 0 Å². The second-order valence-corrected chi connectivity index (χ2v) is 8.36. The number of nitrogens with zero attached hydrogens (tertiary/aromatic N) is 2. The van der Waals surface area contributed by atoms with Crippen molar-refractivity contribution >= 4 is 39.5 Å². The molecule has 2 heterocycles. The molecule has 0 spiro atoms. The second-order valence-electron chi connectivity index (χ2n) is 7.30. The van der Waals surface area contributed by atoms with Crippen LogP contribution in [0.1, 0.15) is 48.7 Å². The average molecular weight is 431 g/mol. The van der Waals surface area contributed by atoms with Crippen LogP contribution in [0, 0.1) is 10.1 Å². The SMILES string of the molecule is CCCCC(NC(=O)c1ccc([N+](=O)[O-])s1)C(=O)Nc1cccc(N2CCCC2)c1. The van der Waals surface area contributed by atoms with Gasteiger partial charge in [0, 0.05) is 30.5 Å². The van der Waals surface area contributed by atoms with Crippen molar-refractivity contribution in [2.45, 2.75) is 45.1 Å². The Hall–Kier alpha value is -2.94. The van der Waals surface area contributed by atoms with Crippen LogP contribution in [0.25, 0.3) is 0 Å². The third kappa shape index (κ3) is 5.56. The summed E-state index contributed by atoms with van der Waals surface area (Å²) in [5.74, 6) is -0.767. The van der Waals surface area contributed by atoms with Crippen LogP contribution in [-0.4, -0.2) is 35.9 Å². The maximum atomic E-state index is 12.9. The quantitative estimate of drug-likeness (QED) is 0.459. The number of benzene rings is 1. The minimum atomic E-state index is -0.714. The Balaban J connectivity index is 1.68. The molecule has 1 atom stereocenters. The van der Waals surface area contributed by atoms with Crippen molar-refractivity contribution in [1.29, 1.82) is 0 Å². The maximum absolute atomic E-state index is 12.9. The van der Waals surface area contributed by atoms with Crippen molar-refractivity contribution < 1.29 is 14.5 Å². The predicted octanol–water partition coefficient (Wildman–Crippen LogP) is 4.18. The third-order valence-corrected chi connectivity index (χ3v) is 6.08. The van der Waals surface area contributed by atoms with Crippen LogP contribution in [0.4, 0.5) is 16.4 Å². The fourth-order valence-corrected chi connectivity index (χ4v) is 4.16. The molecule has 1 aromatic heterocycles. The summed E-state index contributed by atoms with van der Waals surface area (Å²) in [5.41, 5.74) is 1.76. The van der Waals surface area contributed by atoms with Gasteiger partial charge in [-0.1, -0.05) is 37.2 Å². The van der Waals surface area contributed by atoms with E-state index in [0.717, 1.165) is 43.0 Å². The molecule has 30 heavy (non-hydrogen) atoms. The number of rotatable bonds is 9. The first-order valence-electron chi connectivity index (χ1n) is 10.2. The molecule has 1 unspecified atom stereocenters. The molecule has 0 saturated carbocycles. The van der Waals surface area contributed by atoms with E-state index in [2.05, 4.69) is 15.5 Å². The highest BCUT2D eigenvalue weighted by Gasteiger charge is 2.23. The standard InChI is InChI=1S/C21H26N4O4S/c1-2-3-9-17(23-21(27)18-10-11-19(30-18)25(28)29)20(26)22-15-7-6-8-16(14-15)24-12-4-5-13-24/h6-8,10-11,14,17H,2-5,9,12-13H2,1H3,(H,22,26)(H,23,27). The first-order valence-corrected chi connectivity index (χ1v) is 11.0. The number of unbranched alkanes of at least 4 members (excludes halogenated alkanes) is 1. The zero-order valence-corrected chi connectivity index (χ0v) is 17.7. The van der Waals surface area contributed by atoms with Gasteiger partial charge in [0.05, 0.1) is 9.80 Å². The third-order valence-electron chi connectivity index (χ3n) is 5.05. The van der Waals surface area contributed by atoms with E-state index in [4.69, 9.17) is 0 Å². The van der Waals surface area contributed by atoms with Crippen molar-refractivity contribution in [1.82, 2.24) is 5.32 Å². The van der Waals surface area contributed by atoms with Gasteiger partial charge in [0.2, 0.25) is 5.91 Å². The molecule has 1 fully saturated rings. The maximum Gasteiger partial charge on any atom is 0.324 e. The Kier molecular flexibility index (Phi) is 7.40. The number of nitrogens with one attached hydrogen (secondary N) is 2. The van der Waals surface area contributed by atoms with Crippen molar-refractivity contribution in [2.24, 2.45) is 0 Å². The first kappa shape index (κ1) is 21.8. The van der Waals surface area contributed by atoms with E-state index in [1.54, 1.807) is 0 Å². The summed E-state index contributed by atoms with van der Waals surface area (Å²) in [4.78, 5) is 38.2. The molecule has 9 heteroatoms. The Bertz CT molecular complexity index is 908. The summed E-state index contributed by atoms with van der Waals surface area (Å²) in [5, 5.41) is 16.4. The number of nitro groups is 1. The van der Waals surface area contributed by atoms with Crippen molar-refractivity contribution in [3.8, 4) is 0 Å². The zero-order valence-electron chi connectivity index (χ0n) is 16.9. The lowest BCUT2D eigenvalue weighted by atomic mass is 10.1. The molecule has 1 aliphatic rings. The van der Waals surface area contributed by atoms with E-state index >= 15 is 0 Å². The van der Waals surface area contributed by atoms with Crippen LogP contribution in [0.5, 0.6) is 0 Å². The average Bonchev–Trinajstić information content (AvgIpc) is 3.43. The van der Waals surface area contributed by atoms with Gasteiger partial charge in [-0.25, -0.2) is 0 Å².